The lowest BCUT2D eigenvalue weighted by Gasteiger charge is -2.20. The average Bonchev–Trinajstić information content (AvgIpc) is 3.39. The summed E-state index contributed by atoms with van der Waals surface area (Å²) in [6.45, 7) is 3.58. The molecule has 2 bridgehead atoms. The zero-order valence-electron chi connectivity index (χ0n) is 19.1. The van der Waals surface area contributed by atoms with Gasteiger partial charge in [0.2, 0.25) is 0 Å². The molecule has 1 N–H and O–H groups in total. The number of carbonyl (C=O) groups excluding carboxylic acids is 1. The van der Waals surface area contributed by atoms with Gasteiger partial charge in [-0.2, -0.15) is 0 Å². The van der Waals surface area contributed by atoms with Crippen LogP contribution in [0.25, 0.3) is 10.2 Å². The number of nitrogens with zero attached hydrogens (tertiary/aromatic N) is 4. The number of allylic oxidation sites excluding steroid dienone is 2. The molecule has 0 saturated heterocycles. The van der Waals surface area contributed by atoms with Gasteiger partial charge >= 0.3 is 0 Å². The molecule has 3 aliphatic carbocycles. The average molecular weight is 460 g/mol. The molecule has 3 atom stereocenters. The van der Waals surface area contributed by atoms with Crippen molar-refractivity contribution in [3.8, 4) is 0 Å². The van der Waals surface area contributed by atoms with Crippen molar-refractivity contribution in [3.05, 3.63) is 59.0 Å². The van der Waals surface area contributed by atoms with Crippen LogP contribution in [0, 0.1) is 30.1 Å². The number of aromatic nitrogens is 3. The number of hydrogen-bond donors (Lipinski definition) is 1. The third-order valence-corrected chi connectivity index (χ3v) is 9.27. The summed E-state index contributed by atoms with van der Waals surface area (Å²) in [5.74, 6) is 2.88. The van der Waals surface area contributed by atoms with Crippen LogP contribution in [0.15, 0.2) is 42.9 Å². The van der Waals surface area contributed by atoms with E-state index in [2.05, 4.69) is 37.3 Å². The molecule has 2 saturated carbocycles. The van der Waals surface area contributed by atoms with E-state index >= 15 is 0 Å². The summed E-state index contributed by atoms with van der Waals surface area (Å²) in [6, 6.07) is 5.98. The Morgan fingerprint density at radius 2 is 2.12 bits per heavy atom. The number of nitrogens with one attached hydrogen (secondary N) is 1. The second-order valence-corrected chi connectivity index (χ2v) is 10.9. The van der Waals surface area contributed by atoms with Gasteiger partial charge in [-0.05, 0) is 67.1 Å². The highest BCUT2D eigenvalue weighted by Gasteiger charge is 2.62. The molecule has 3 aromatic rings. The molecule has 3 heterocycles. The van der Waals surface area contributed by atoms with Crippen LogP contribution >= 0.6 is 11.3 Å². The first-order chi connectivity index (χ1) is 16.1. The molecule has 0 aliphatic heterocycles. The summed E-state index contributed by atoms with van der Waals surface area (Å²) >= 11 is 1.47. The van der Waals surface area contributed by atoms with E-state index in [0.717, 1.165) is 57.6 Å². The molecule has 1 amide bonds. The van der Waals surface area contributed by atoms with Gasteiger partial charge in [-0.25, -0.2) is 9.97 Å². The number of likely N-dealkylation sites (N-methyl/N-ethyl adjacent to an activating group) is 1. The summed E-state index contributed by atoms with van der Waals surface area (Å²) in [4.78, 5) is 30.4. The van der Waals surface area contributed by atoms with E-state index in [1.54, 1.807) is 6.33 Å². The summed E-state index contributed by atoms with van der Waals surface area (Å²) in [5.41, 5.74) is 2.59. The van der Waals surface area contributed by atoms with Crippen LogP contribution in [0.3, 0.4) is 0 Å². The van der Waals surface area contributed by atoms with Gasteiger partial charge in [-0.3, -0.25) is 9.78 Å². The number of fused-ring (bicyclic) bond motifs is 1. The summed E-state index contributed by atoms with van der Waals surface area (Å²) in [5, 5.41) is 4.24. The van der Waals surface area contributed by atoms with Crippen molar-refractivity contribution in [2.45, 2.75) is 32.6 Å². The fourth-order valence-corrected chi connectivity index (χ4v) is 7.21. The molecule has 0 aromatic carbocycles. The second kappa shape index (κ2) is 7.90. The molecular weight excluding hydrogens is 430 g/mol. The van der Waals surface area contributed by atoms with E-state index in [1.165, 1.54) is 30.6 Å². The molecule has 6 rings (SSSR count). The highest BCUT2D eigenvalue weighted by molar-refractivity contribution is 7.20. The van der Waals surface area contributed by atoms with Crippen molar-refractivity contribution < 1.29 is 4.79 Å². The highest BCUT2D eigenvalue weighted by Crippen LogP contribution is 2.69. The Labute approximate surface area is 198 Å². The normalized spacial score (nSPS) is 24.0. The minimum Gasteiger partial charge on any atom is -0.359 e. The third-order valence-electron chi connectivity index (χ3n) is 8.07. The van der Waals surface area contributed by atoms with Gasteiger partial charge in [-0.15, -0.1) is 11.3 Å². The first kappa shape index (κ1) is 20.8. The van der Waals surface area contributed by atoms with Gasteiger partial charge in [0.1, 0.15) is 17.0 Å². The predicted molar refractivity (Wildman–Crippen MR) is 132 cm³/mol. The molecule has 0 radical (unpaired) electrons. The van der Waals surface area contributed by atoms with E-state index < -0.39 is 0 Å². The maximum atomic E-state index is 13.2. The smallest absolute Gasteiger partial charge is 0.261 e. The van der Waals surface area contributed by atoms with E-state index in [4.69, 9.17) is 0 Å². The van der Waals surface area contributed by atoms with Crippen LogP contribution in [0.1, 0.15) is 40.2 Å². The maximum absolute atomic E-state index is 13.2. The van der Waals surface area contributed by atoms with Crippen molar-refractivity contribution >= 4 is 33.3 Å². The third kappa shape index (κ3) is 3.44. The highest BCUT2D eigenvalue weighted by atomic mass is 32.1. The van der Waals surface area contributed by atoms with E-state index in [9.17, 15) is 4.79 Å². The Bertz CT molecular complexity index is 1230. The predicted octanol–water partition coefficient (Wildman–Crippen LogP) is 4.41. The van der Waals surface area contributed by atoms with Crippen molar-refractivity contribution in [1.82, 2.24) is 20.3 Å². The lowest BCUT2D eigenvalue weighted by Crippen LogP contribution is -2.31. The van der Waals surface area contributed by atoms with Crippen LogP contribution in [0.2, 0.25) is 0 Å². The lowest BCUT2D eigenvalue weighted by molar-refractivity contribution is 0.0947. The molecule has 7 heteroatoms. The molecule has 2 fully saturated rings. The van der Waals surface area contributed by atoms with Crippen molar-refractivity contribution in [1.29, 1.82) is 0 Å². The van der Waals surface area contributed by atoms with Gasteiger partial charge in [0.15, 0.2) is 0 Å². The van der Waals surface area contributed by atoms with Gasteiger partial charge in [0.25, 0.3) is 5.91 Å². The summed E-state index contributed by atoms with van der Waals surface area (Å²) in [7, 11) is 2.04. The molecule has 0 unspecified atom stereocenters. The van der Waals surface area contributed by atoms with E-state index in [-0.39, 0.29) is 5.91 Å². The molecule has 1 spiro atoms. The van der Waals surface area contributed by atoms with Crippen molar-refractivity contribution in [2.75, 3.05) is 25.0 Å². The van der Waals surface area contributed by atoms with Crippen molar-refractivity contribution in [2.24, 2.45) is 23.2 Å². The zero-order chi connectivity index (χ0) is 22.6. The molecule has 3 aliphatic rings. The van der Waals surface area contributed by atoms with Crippen LogP contribution in [-0.4, -0.2) is 41.0 Å². The standard InChI is InChI=1S/C26H29N5OS/c1-16-21-23(31(2)12-8-19-5-3-4-11-27-19)29-15-30-25(21)33-22(16)24(32)28-14-17-13-18-6-7-20(17)26(18)9-10-26/h3-7,11,15,17-18,20H,8-10,12-14H2,1-2H3,(H,28,32)/t17-,18+,20+/m1/s1. The number of amides is 1. The van der Waals surface area contributed by atoms with E-state index in [1.807, 2.05) is 38.4 Å². The van der Waals surface area contributed by atoms with Crippen LogP contribution < -0.4 is 10.2 Å². The number of thiophene rings is 1. The molecule has 33 heavy (non-hydrogen) atoms. The minimum absolute atomic E-state index is 0.0224. The second-order valence-electron chi connectivity index (χ2n) is 9.88. The Morgan fingerprint density at radius 1 is 1.24 bits per heavy atom. The van der Waals surface area contributed by atoms with Crippen molar-refractivity contribution in [3.63, 3.8) is 0 Å². The lowest BCUT2D eigenvalue weighted by atomic mass is 9.89. The number of pyridine rings is 1. The number of carbonyl (C=O) groups is 1. The zero-order valence-corrected chi connectivity index (χ0v) is 19.9. The van der Waals surface area contributed by atoms with Gasteiger partial charge in [0, 0.05) is 38.4 Å². The fourth-order valence-electron chi connectivity index (χ4n) is 6.15. The number of anilines is 1. The van der Waals surface area contributed by atoms with Crippen LogP contribution in [0.5, 0.6) is 0 Å². The largest absolute Gasteiger partial charge is 0.359 e. The molecular formula is C26H29N5OS. The maximum Gasteiger partial charge on any atom is 0.261 e. The van der Waals surface area contributed by atoms with Crippen LogP contribution in [0.4, 0.5) is 5.82 Å². The van der Waals surface area contributed by atoms with E-state index in [0.29, 0.717) is 17.3 Å². The topological polar surface area (TPSA) is 71.0 Å². The van der Waals surface area contributed by atoms with Crippen LogP contribution in [-0.2, 0) is 6.42 Å². The molecule has 170 valence electrons. The number of hydrogen-bond acceptors (Lipinski definition) is 6. The molecule has 3 aromatic heterocycles. The SMILES string of the molecule is Cc1c(C(=O)NC[C@H]2C[C@@H]3C=C[C@@H]2C32CC2)sc2ncnc(N(C)CCc3ccccn3)c12. The Morgan fingerprint density at radius 3 is 2.88 bits per heavy atom. The monoisotopic (exact) mass is 459 g/mol. The minimum atomic E-state index is 0.0224. The Hall–Kier alpha value is -2.80. The first-order valence-corrected chi connectivity index (χ1v) is 12.7. The fraction of sp³-hybridized carbons (Fsp3) is 0.462. The quantitative estimate of drug-likeness (QED) is 0.530. The summed E-state index contributed by atoms with van der Waals surface area (Å²) in [6.07, 6.45) is 13.1. The molecule has 6 nitrogen and oxygen atoms in total. The Balaban J connectivity index is 1.17. The first-order valence-electron chi connectivity index (χ1n) is 11.9. The van der Waals surface area contributed by atoms with Gasteiger partial charge < -0.3 is 10.2 Å². The summed E-state index contributed by atoms with van der Waals surface area (Å²) < 4.78 is 0. The van der Waals surface area contributed by atoms with Gasteiger partial charge in [0.05, 0.1) is 10.3 Å². The number of rotatable bonds is 7. The Kier molecular flexibility index (Phi) is 4.98. The van der Waals surface area contributed by atoms with Gasteiger partial charge in [-0.1, -0.05) is 18.2 Å². The number of aryl methyl sites for hydroxylation is 1.